The smallest absolute Gasteiger partial charge is 0.276 e. The number of nitrogens with zero attached hydrogens (tertiary/aromatic N) is 1. The molecule has 9 heteroatoms. The van der Waals surface area contributed by atoms with Gasteiger partial charge in [-0.25, -0.2) is 0 Å². The van der Waals surface area contributed by atoms with Gasteiger partial charge in [0.1, 0.15) is 11.5 Å². The maximum Gasteiger partial charge on any atom is 0.276 e. The van der Waals surface area contributed by atoms with Crippen LogP contribution in [0.2, 0.25) is 0 Å². The van der Waals surface area contributed by atoms with Crippen molar-refractivity contribution in [3.05, 3.63) is 77.4 Å². The predicted molar refractivity (Wildman–Crippen MR) is 123 cm³/mol. The van der Waals surface area contributed by atoms with Crippen LogP contribution >= 0.6 is 0 Å². The second-order valence-electron chi connectivity index (χ2n) is 7.91. The van der Waals surface area contributed by atoms with Gasteiger partial charge in [-0.3, -0.25) is 0 Å². The van der Waals surface area contributed by atoms with E-state index in [4.69, 9.17) is 9.47 Å². The molecule has 3 N–H and O–H groups in total. The highest BCUT2D eigenvalue weighted by atomic mass is 32.2. The Morgan fingerprint density at radius 2 is 1.73 bits per heavy atom. The van der Waals surface area contributed by atoms with Gasteiger partial charge in [-0.05, 0) is 47.4 Å². The van der Waals surface area contributed by atoms with Gasteiger partial charge >= 0.3 is 0 Å². The summed E-state index contributed by atoms with van der Waals surface area (Å²) >= 11 is 0. The van der Waals surface area contributed by atoms with Gasteiger partial charge in [-0.2, -0.15) is 18.4 Å². The molecule has 0 radical (unpaired) electrons. The lowest BCUT2D eigenvalue weighted by Gasteiger charge is -2.15. The number of ether oxygens (including phenoxy) is 2. The van der Waals surface area contributed by atoms with E-state index in [0.29, 0.717) is 22.6 Å². The van der Waals surface area contributed by atoms with Crippen molar-refractivity contribution in [2.75, 3.05) is 6.79 Å². The second kappa shape index (κ2) is 9.03. The van der Waals surface area contributed by atoms with E-state index in [9.17, 15) is 18.6 Å². The Hall–Kier alpha value is -3.72. The van der Waals surface area contributed by atoms with Gasteiger partial charge in [0.2, 0.25) is 6.79 Å². The summed E-state index contributed by atoms with van der Waals surface area (Å²) < 4.78 is 36.2. The summed E-state index contributed by atoms with van der Waals surface area (Å²) in [6, 6.07) is 16.1. The van der Waals surface area contributed by atoms with Crippen LogP contribution in [0.5, 0.6) is 23.0 Å². The van der Waals surface area contributed by atoms with Gasteiger partial charge in [0.15, 0.2) is 11.5 Å². The molecule has 8 nitrogen and oxygen atoms in total. The Morgan fingerprint density at radius 1 is 1.00 bits per heavy atom. The Labute approximate surface area is 192 Å². The zero-order chi connectivity index (χ0) is 23.6. The average molecular weight is 469 g/mol. The van der Waals surface area contributed by atoms with Crippen LogP contribution in [0, 0.1) is 0 Å². The highest BCUT2D eigenvalue weighted by molar-refractivity contribution is 7.89. The second-order valence-corrected chi connectivity index (χ2v) is 9.57. The summed E-state index contributed by atoms with van der Waals surface area (Å²) in [7, 11) is -3.93. The molecular weight excluding hydrogens is 444 g/mol. The molecule has 1 aliphatic rings. The third-order valence-corrected chi connectivity index (χ3v) is 6.47. The van der Waals surface area contributed by atoms with Crippen molar-refractivity contribution >= 4 is 15.7 Å². The van der Waals surface area contributed by atoms with Gasteiger partial charge in [0, 0.05) is 18.1 Å². The van der Waals surface area contributed by atoms with Crippen molar-refractivity contribution in [2.24, 2.45) is 5.10 Å². The number of fused-ring (bicyclic) bond motifs is 1. The molecule has 4 rings (SSSR count). The van der Waals surface area contributed by atoms with E-state index in [1.54, 1.807) is 36.4 Å². The number of benzene rings is 3. The Bertz CT molecular complexity index is 1300. The molecule has 1 heterocycles. The minimum atomic E-state index is -3.93. The van der Waals surface area contributed by atoms with Crippen molar-refractivity contribution in [3.8, 4) is 23.0 Å². The number of rotatable bonds is 7. The van der Waals surface area contributed by atoms with E-state index >= 15 is 0 Å². The van der Waals surface area contributed by atoms with Crippen LogP contribution in [0.15, 0.2) is 70.7 Å². The molecule has 3 aromatic rings. The number of hydrazone groups is 1. The van der Waals surface area contributed by atoms with E-state index in [1.807, 2.05) is 19.9 Å². The van der Waals surface area contributed by atoms with E-state index in [-0.39, 0.29) is 41.2 Å². The summed E-state index contributed by atoms with van der Waals surface area (Å²) in [6.07, 6.45) is 0.184. The normalized spacial score (nSPS) is 13.4. The van der Waals surface area contributed by atoms with Crippen molar-refractivity contribution in [3.63, 3.8) is 0 Å². The van der Waals surface area contributed by atoms with Crippen molar-refractivity contribution < 1.29 is 28.1 Å². The van der Waals surface area contributed by atoms with Gasteiger partial charge < -0.3 is 19.7 Å². The lowest BCUT2D eigenvalue weighted by Crippen LogP contribution is -2.21. The maximum atomic E-state index is 12.7. The van der Waals surface area contributed by atoms with Crippen LogP contribution in [0.4, 0.5) is 0 Å². The summed E-state index contributed by atoms with van der Waals surface area (Å²) in [6.45, 7) is 3.94. The van der Waals surface area contributed by atoms with Gasteiger partial charge in [-0.1, -0.05) is 38.1 Å². The number of aromatic hydroxyl groups is 2. The number of hydrogen-bond acceptors (Lipinski definition) is 7. The zero-order valence-electron chi connectivity index (χ0n) is 18.1. The summed E-state index contributed by atoms with van der Waals surface area (Å²) in [5, 5.41) is 25.0. The monoisotopic (exact) mass is 468 g/mol. The first kappa shape index (κ1) is 22.5. The Kier molecular flexibility index (Phi) is 6.15. The first-order valence-electron chi connectivity index (χ1n) is 10.3. The van der Waals surface area contributed by atoms with Gasteiger partial charge in [0.05, 0.1) is 10.6 Å². The highest BCUT2D eigenvalue weighted by Gasteiger charge is 2.20. The molecule has 0 unspecified atom stereocenters. The standard InChI is InChI=1S/C24H24N2O6S/c1-15(2)18-12-19(22(28)13-21(18)27)20(10-16-8-9-23-24(11-16)32-14-31-23)25-26-33(29,30)17-6-4-3-5-7-17/h3-9,11-13,15,26-28H,10,14H2,1-2H3. The molecule has 1 aliphatic heterocycles. The third kappa shape index (κ3) is 4.88. The minimum absolute atomic E-state index is 0.0304. The topological polar surface area (TPSA) is 117 Å². The van der Waals surface area contributed by atoms with Crippen LogP contribution < -0.4 is 14.3 Å². The number of hydrogen-bond donors (Lipinski definition) is 3. The van der Waals surface area contributed by atoms with Crippen LogP contribution in [0.25, 0.3) is 0 Å². The van der Waals surface area contributed by atoms with Crippen molar-refractivity contribution in [1.82, 2.24) is 4.83 Å². The highest BCUT2D eigenvalue weighted by Crippen LogP contribution is 2.35. The lowest BCUT2D eigenvalue weighted by atomic mass is 9.94. The fourth-order valence-electron chi connectivity index (χ4n) is 3.49. The number of phenols is 2. The molecule has 0 amide bonds. The molecule has 0 fully saturated rings. The van der Waals surface area contributed by atoms with Crippen molar-refractivity contribution in [1.29, 1.82) is 0 Å². The molecule has 33 heavy (non-hydrogen) atoms. The van der Waals surface area contributed by atoms with Gasteiger partial charge in [0.25, 0.3) is 10.0 Å². The molecule has 0 bridgehead atoms. The first-order chi connectivity index (χ1) is 15.7. The maximum absolute atomic E-state index is 12.7. The lowest BCUT2D eigenvalue weighted by molar-refractivity contribution is 0.174. The quantitative estimate of drug-likeness (QED) is 0.358. The summed E-state index contributed by atoms with van der Waals surface area (Å²) in [5.41, 5.74) is 1.96. The molecule has 172 valence electrons. The molecule has 0 aliphatic carbocycles. The zero-order valence-corrected chi connectivity index (χ0v) is 19.0. The largest absolute Gasteiger partial charge is 0.508 e. The third-order valence-electron chi connectivity index (χ3n) is 5.24. The molecule has 0 spiro atoms. The molecule has 0 saturated heterocycles. The Morgan fingerprint density at radius 3 is 2.45 bits per heavy atom. The first-order valence-corrected chi connectivity index (χ1v) is 11.8. The van der Waals surface area contributed by atoms with E-state index < -0.39 is 10.0 Å². The van der Waals surface area contributed by atoms with Crippen molar-refractivity contribution in [2.45, 2.75) is 31.1 Å². The Balaban J connectivity index is 1.75. The number of nitrogens with one attached hydrogen (secondary N) is 1. The van der Waals surface area contributed by atoms with Crippen LogP contribution in [-0.4, -0.2) is 31.1 Å². The molecular formula is C24H24N2O6S. The number of sulfonamides is 1. The van der Waals surface area contributed by atoms with E-state index in [0.717, 1.165) is 5.56 Å². The van der Waals surface area contributed by atoms with Crippen LogP contribution in [0.3, 0.4) is 0 Å². The van der Waals surface area contributed by atoms with E-state index in [2.05, 4.69) is 9.93 Å². The van der Waals surface area contributed by atoms with Gasteiger partial charge in [-0.15, -0.1) is 0 Å². The van der Waals surface area contributed by atoms with Crippen LogP contribution in [-0.2, 0) is 16.4 Å². The molecule has 0 aromatic heterocycles. The molecule has 0 saturated carbocycles. The van der Waals surface area contributed by atoms with E-state index in [1.165, 1.54) is 18.2 Å². The predicted octanol–water partition coefficient (Wildman–Crippen LogP) is 3.88. The fraction of sp³-hybridized carbons (Fsp3) is 0.208. The summed E-state index contributed by atoms with van der Waals surface area (Å²) in [5.74, 6) is 0.914. The molecule has 0 atom stereocenters. The minimum Gasteiger partial charge on any atom is -0.508 e. The van der Waals surface area contributed by atoms with Crippen LogP contribution in [0.1, 0.15) is 36.5 Å². The summed E-state index contributed by atoms with van der Waals surface area (Å²) in [4.78, 5) is 2.33. The average Bonchev–Trinajstić information content (AvgIpc) is 3.25. The SMILES string of the molecule is CC(C)c1cc(C(Cc2ccc3c(c2)OCO3)=NNS(=O)(=O)c2ccccc2)c(O)cc1O. The molecule has 3 aromatic carbocycles. The number of phenolic OH excluding ortho intramolecular Hbond substituents is 2. The fourth-order valence-corrected chi connectivity index (χ4v) is 4.35.